The molecule has 7 nitrogen and oxygen atoms in total. The van der Waals surface area contributed by atoms with E-state index in [0.717, 1.165) is 18.4 Å². The number of rotatable bonds is 13. The van der Waals surface area contributed by atoms with Crippen molar-refractivity contribution in [3.63, 3.8) is 0 Å². The number of carbonyl (C=O) groups is 1. The molecule has 0 aliphatic carbocycles. The molecular formula is C31H44N4O3S2. The fraction of sp³-hybridized carbons (Fsp3) is 0.613. The monoisotopic (exact) mass is 584 g/mol. The highest BCUT2D eigenvalue weighted by atomic mass is 32.2. The molecule has 0 saturated carbocycles. The third-order valence-corrected chi connectivity index (χ3v) is 9.05. The predicted molar refractivity (Wildman–Crippen MR) is 170 cm³/mol. The van der Waals surface area contributed by atoms with Crippen molar-refractivity contribution >= 4 is 51.7 Å². The van der Waals surface area contributed by atoms with Crippen LogP contribution in [0.3, 0.4) is 0 Å². The van der Waals surface area contributed by atoms with Crippen molar-refractivity contribution in [3.05, 3.63) is 44.7 Å². The minimum atomic E-state index is -0.185. The van der Waals surface area contributed by atoms with Gasteiger partial charge in [-0.05, 0) is 44.9 Å². The number of nitrogens with zero attached hydrogens (tertiary/aromatic N) is 4. The summed E-state index contributed by atoms with van der Waals surface area (Å²) in [6.07, 6.45) is 15.9. The third-order valence-electron chi connectivity index (χ3n) is 7.67. The average Bonchev–Trinajstić information content (AvgIpc) is 3.18. The fourth-order valence-electron chi connectivity index (χ4n) is 5.60. The maximum absolute atomic E-state index is 13.8. The number of pyridine rings is 1. The van der Waals surface area contributed by atoms with Crippen LogP contribution in [0.25, 0.3) is 11.7 Å². The molecule has 2 aliphatic rings. The number of thioether (sulfide) groups is 1. The first kappa shape index (κ1) is 30.7. The number of carbonyl (C=O) groups excluding carboxylic acids is 1. The van der Waals surface area contributed by atoms with Gasteiger partial charge < -0.3 is 9.64 Å². The zero-order valence-corrected chi connectivity index (χ0v) is 26.1. The number of ether oxygens (including phenoxy) is 1. The predicted octanol–water partition coefficient (Wildman–Crippen LogP) is 6.74. The SMILES string of the molecule is CCCCCCCCCCCCN1C(=O)C(=Cc2c(N3CC(C)OC(C)C3)nc3c(C)cccn3c2=O)SC1=S. The second-order valence-corrected chi connectivity index (χ2v) is 12.9. The van der Waals surface area contributed by atoms with E-state index in [4.69, 9.17) is 21.9 Å². The minimum absolute atomic E-state index is 0.00740. The number of hydrogen-bond acceptors (Lipinski definition) is 7. The molecule has 0 aromatic carbocycles. The highest BCUT2D eigenvalue weighted by Gasteiger charge is 2.33. The molecule has 2 aromatic heterocycles. The Labute approximate surface area is 248 Å². The molecule has 218 valence electrons. The van der Waals surface area contributed by atoms with Crippen molar-refractivity contribution in [1.29, 1.82) is 0 Å². The number of aryl methyl sites for hydroxylation is 1. The summed E-state index contributed by atoms with van der Waals surface area (Å²) in [7, 11) is 0. The van der Waals surface area contributed by atoms with E-state index in [1.54, 1.807) is 21.6 Å². The van der Waals surface area contributed by atoms with Crippen LogP contribution < -0.4 is 10.5 Å². The molecule has 2 fully saturated rings. The Morgan fingerprint density at radius 1 is 1.02 bits per heavy atom. The van der Waals surface area contributed by atoms with E-state index >= 15 is 0 Å². The molecule has 2 saturated heterocycles. The summed E-state index contributed by atoms with van der Waals surface area (Å²) < 4.78 is 8.07. The zero-order chi connectivity index (χ0) is 28.6. The number of hydrogen-bond donors (Lipinski definition) is 0. The van der Waals surface area contributed by atoms with Crippen LogP contribution in [0.1, 0.15) is 96.1 Å². The van der Waals surface area contributed by atoms with Gasteiger partial charge in [-0.25, -0.2) is 4.98 Å². The van der Waals surface area contributed by atoms with E-state index in [0.29, 0.717) is 45.9 Å². The molecule has 0 spiro atoms. The highest BCUT2D eigenvalue weighted by Crippen LogP contribution is 2.34. The number of anilines is 1. The molecule has 0 radical (unpaired) electrons. The molecule has 1 amide bonds. The number of morpholine rings is 1. The second-order valence-electron chi connectivity index (χ2n) is 11.2. The highest BCUT2D eigenvalue weighted by molar-refractivity contribution is 8.26. The van der Waals surface area contributed by atoms with Crippen LogP contribution in [0.5, 0.6) is 0 Å². The van der Waals surface area contributed by atoms with Crippen LogP contribution in [-0.4, -0.2) is 56.4 Å². The van der Waals surface area contributed by atoms with Crippen molar-refractivity contribution in [2.45, 2.75) is 104 Å². The Balaban J connectivity index is 1.47. The normalized spacial score (nSPS) is 20.9. The summed E-state index contributed by atoms with van der Waals surface area (Å²) in [6, 6.07) is 3.80. The number of unbranched alkanes of at least 4 members (excludes halogenated alkanes) is 9. The first-order valence-electron chi connectivity index (χ1n) is 15.0. The topological polar surface area (TPSA) is 67.2 Å². The van der Waals surface area contributed by atoms with E-state index in [1.165, 1.54) is 63.1 Å². The Morgan fingerprint density at radius 3 is 2.30 bits per heavy atom. The van der Waals surface area contributed by atoms with Crippen LogP contribution in [-0.2, 0) is 9.53 Å². The number of fused-ring (bicyclic) bond motifs is 1. The standard InChI is InChI=1S/C31H44N4O3S2/c1-5-6-7-8-9-10-11-12-13-14-17-35-30(37)26(40-31(35)39)19-25-28(33-20-23(3)38-24(4)21-33)32-27-22(2)16-15-18-34(27)29(25)36/h15-16,18-19,23-24H,5-14,17,20-21H2,1-4H3. The number of thiocarbonyl (C=S) groups is 1. The molecule has 9 heteroatoms. The molecule has 40 heavy (non-hydrogen) atoms. The van der Waals surface area contributed by atoms with Crippen LogP contribution in [0.2, 0.25) is 0 Å². The molecule has 0 bridgehead atoms. The average molecular weight is 585 g/mol. The Kier molecular flexibility index (Phi) is 11.2. The van der Waals surface area contributed by atoms with Crippen LogP contribution in [0.4, 0.5) is 5.82 Å². The molecule has 0 N–H and O–H groups in total. The number of amides is 1. The van der Waals surface area contributed by atoms with E-state index in [9.17, 15) is 9.59 Å². The van der Waals surface area contributed by atoms with E-state index in [1.807, 2.05) is 32.9 Å². The van der Waals surface area contributed by atoms with Gasteiger partial charge in [0.05, 0.1) is 22.7 Å². The van der Waals surface area contributed by atoms with Gasteiger partial charge in [0.25, 0.3) is 11.5 Å². The molecule has 2 atom stereocenters. The maximum atomic E-state index is 13.8. The molecule has 4 rings (SSSR count). The van der Waals surface area contributed by atoms with Gasteiger partial charge in [-0.1, -0.05) is 94.8 Å². The van der Waals surface area contributed by atoms with Gasteiger partial charge >= 0.3 is 0 Å². The first-order chi connectivity index (χ1) is 19.3. The van der Waals surface area contributed by atoms with Crippen molar-refractivity contribution in [3.8, 4) is 0 Å². The Hall–Kier alpha value is -2.23. The first-order valence-corrected chi connectivity index (χ1v) is 16.2. The van der Waals surface area contributed by atoms with Gasteiger partial charge in [-0.3, -0.25) is 18.9 Å². The van der Waals surface area contributed by atoms with E-state index < -0.39 is 0 Å². The van der Waals surface area contributed by atoms with Crippen molar-refractivity contribution < 1.29 is 9.53 Å². The lowest BCUT2D eigenvalue weighted by atomic mass is 10.1. The van der Waals surface area contributed by atoms with Crippen LogP contribution in [0, 0.1) is 6.92 Å². The number of aromatic nitrogens is 2. The van der Waals surface area contributed by atoms with Gasteiger partial charge in [-0.15, -0.1) is 0 Å². The zero-order valence-electron chi connectivity index (χ0n) is 24.5. The summed E-state index contributed by atoms with van der Waals surface area (Å²) in [6.45, 7) is 10.1. The molecule has 2 aliphatic heterocycles. The maximum Gasteiger partial charge on any atom is 0.267 e. The minimum Gasteiger partial charge on any atom is -0.372 e. The van der Waals surface area contributed by atoms with Gasteiger partial charge in [0.1, 0.15) is 15.8 Å². The van der Waals surface area contributed by atoms with Gasteiger partial charge in [0, 0.05) is 25.8 Å². The Bertz CT molecular complexity index is 1280. The fourth-order valence-corrected chi connectivity index (χ4v) is 6.89. The lowest BCUT2D eigenvalue weighted by Crippen LogP contribution is -2.46. The smallest absolute Gasteiger partial charge is 0.267 e. The largest absolute Gasteiger partial charge is 0.372 e. The van der Waals surface area contributed by atoms with E-state index in [2.05, 4.69) is 11.8 Å². The molecular weight excluding hydrogens is 541 g/mol. The summed E-state index contributed by atoms with van der Waals surface area (Å²) in [5.41, 5.74) is 1.78. The third kappa shape index (κ3) is 7.53. The molecule has 2 unspecified atom stereocenters. The molecule has 2 aromatic rings. The van der Waals surface area contributed by atoms with Gasteiger partial charge in [0.2, 0.25) is 0 Å². The lowest BCUT2D eigenvalue weighted by molar-refractivity contribution is -0.122. The summed E-state index contributed by atoms with van der Waals surface area (Å²) in [4.78, 5) is 36.5. The second kappa shape index (κ2) is 14.6. The van der Waals surface area contributed by atoms with Crippen molar-refractivity contribution in [2.75, 3.05) is 24.5 Å². The van der Waals surface area contributed by atoms with Crippen molar-refractivity contribution in [2.24, 2.45) is 0 Å². The van der Waals surface area contributed by atoms with Gasteiger partial charge in [-0.2, -0.15) is 0 Å². The lowest BCUT2D eigenvalue weighted by Gasteiger charge is -2.36. The van der Waals surface area contributed by atoms with Crippen molar-refractivity contribution in [1.82, 2.24) is 14.3 Å². The molecule has 4 heterocycles. The van der Waals surface area contributed by atoms with Gasteiger partial charge in [0.15, 0.2) is 0 Å². The van der Waals surface area contributed by atoms with Crippen LogP contribution >= 0.6 is 24.0 Å². The van der Waals surface area contributed by atoms with E-state index in [-0.39, 0.29) is 23.7 Å². The summed E-state index contributed by atoms with van der Waals surface area (Å²) in [5.74, 6) is 0.482. The summed E-state index contributed by atoms with van der Waals surface area (Å²) >= 11 is 6.88. The summed E-state index contributed by atoms with van der Waals surface area (Å²) in [5, 5.41) is 0. The quantitative estimate of drug-likeness (QED) is 0.147. The van der Waals surface area contributed by atoms with Crippen LogP contribution in [0.15, 0.2) is 28.0 Å². The Morgan fingerprint density at radius 2 is 1.65 bits per heavy atom.